The van der Waals surface area contributed by atoms with Crippen molar-refractivity contribution in [2.24, 2.45) is 0 Å². The van der Waals surface area contributed by atoms with Crippen LogP contribution in [0.25, 0.3) is 0 Å². The summed E-state index contributed by atoms with van der Waals surface area (Å²) in [5.41, 5.74) is -0.195. The van der Waals surface area contributed by atoms with Crippen molar-refractivity contribution in [2.45, 2.75) is 43.2 Å². The summed E-state index contributed by atoms with van der Waals surface area (Å²) in [5, 5.41) is 6.36. The zero-order valence-corrected chi connectivity index (χ0v) is 9.49. The minimum absolute atomic E-state index is 0. The molecule has 0 aromatic rings. The van der Waals surface area contributed by atoms with Gasteiger partial charge in [-0.15, -0.1) is 12.4 Å². The summed E-state index contributed by atoms with van der Waals surface area (Å²) >= 11 is 0. The molecular formula is C10H17ClN2O2. The van der Waals surface area contributed by atoms with Crippen molar-refractivity contribution in [3.05, 3.63) is 0 Å². The molecular weight excluding hydrogens is 216 g/mol. The van der Waals surface area contributed by atoms with Gasteiger partial charge in [0.2, 0.25) is 0 Å². The van der Waals surface area contributed by atoms with Gasteiger partial charge < -0.3 is 15.4 Å². The van der Waals surface area contributed by atoms with Gasteiger partial charge in [0.25, 0.3) is 0 Å². The van der Waals surface area contributed by atoms with Crippen LogP contribution in [-0.2, 0) is 4.74 Å². The van der Waals surface area contributed by atoms with E-state index in [9.17, 15) is 4.79 Å². The zero-order chi connectivity index (χ0) is 9.65. The van der Waals surface area contributed by atoms with E-state index in [-0.39, 0.29) is 29.6 Å². The summed E-state index contributed by atoms with van der Waals surface area (Å²) in [7, 11) is 0. The van der Waals surface area contributed by atoms with Gasteiger partial charge in [0.1, 0.15) is 5.60 Å². The van der Waals surface area contributed by atoms with Crippen molar-refractivity contribution in [1.82, 2.24) is 10.6 Å². The van der Waals surface area contributed by atoms with E-state index in [0.717, 1.165) is 38.8 Å². The fraction of sp³-hybridized carbons (Fsp3) is 0.900. The number of piperidine rings is 1. The van der Waals surface area contributed by atoms with E-state index in [1.165, 1.54) is 6.42 Å². The van der Waals surface area contributed by atoms with E-state index in [4.69, 9.17) is 4.74 Å². The van der Waals surface area contributed by atoms with Crippen molar-refractivity contribution in [2.75, 3.05) is 13.1 Å². The number of fused-ring (bicyclic) bond motifs is 1. The lowest BCUT2D eigenvalue weighted by atomic mass is 9.63. The second kappa shape index (κ2) is 3.52. The molecule has 2 spiro atoms. The maximum Gasteiger partial charge on any atom is 0.408 e. The Labute approximate surface area is 95.5 Å². The molecule has 2 aliphatic heterocycles. The Hall–Kier alpha value is -0.480. The summed E-state index contributed by atoms with van der Waals surface area (Å²) in [5.74, 6) is 0. The van der Waals surface area contributed by atoms with E-state index >= 15 is 0 Å². The molecule has 5 heteroatoms. The molecule has 86 valence electrons. The number of alkyl carbamates (subject to hydrolysis) is 1. The lowest BCUT2D eigenvalue weighted by Crippen LogP contribution is -2.64. The van der Waals surface area contributed by atoms with Crippen LogP contribution in [0, 0.1) is 0 Å². The minimum atomic E-state index is -0.202. The van der Waals surface area contributed by atoms with Gasteiger partial charge in [-0.1, -0.05) is 0 Å². The van der Waals surface area contributed by atoms with Crippen molar-refractivity contribution in [3.63, 3.8) is 0 Å². The molecule has 1 amide bonds. The number of hydrogen-bond donors (Lipinski definition) is 2. The number of rotatable bonds is 0. The number of amides is 1. The van der Waals surface area contributed by atoms with Crippen molar-refractivity contribution >= 4 is 18.5 Å². The molecule has 0 aromatic carbocycles. The number of carbonyl (C=O) groups excluding carboxylic acids is 1. The quantitative estimate of drug-likeness (QED) is 0.660. The topological polar surface area (TPSA) is 50.4 Å². The van der Waals surface area contributed by atoms with Crippen LogP contribution in [0.1, 0.15) is 32.1 Å². The first kappa shape index (κ1) is 11.0. The largest absolute Gasteiger partial charge is 0.440 e. The fourth-order valence-corrected chi connectivity index (χ4v) is 3.13. The molecule has 0 bridgehead atoms. The van der Waals surface area contributed by atoms with Gasteiger partial charge in [-0.3, -0.25) is 0 Å². The summed E-state index contributed by atoms with van der Waals surface area (Å²) in [6, 6.07) is 0. The molecule has 2 N–H and O–H groups in total. The van der Waals surface area contributed by atoms with Crippen LogP contribution in [0.15, 0.2) is 0 Å². The molecule has 0 unspecified atom stereocenters. The Morgan fingerprint density at radius 1 is 1.13 bits per heavy atom. The predicted molar refractivity (Wildman–Crippen MR) is 58.3 cm³/mol. The normalized spacial score (nSPS) is 30.3. The molecule has 0 atom stereocenters. The van der Waals surface area contributed by atoms with Gasteiger partial charge in [0.05, 0.1) is 5.54 Å². The average Bonchev–Trinajstić information content (AvgIpc) is 2.39. The van der Waals surface area contributed by atoms with Gasteiger partial charge in [-0.25, -0.2) is 4.79 Å². The molecule has 4 nitrogen and oxygen atoms in total. The maximum atomic E-state index is 11.4. The second-order valence-electron chi connectivity index (χ2n) is 4.69. The number of nitrogens with one attached hydrogen (secondary N) is 2. The Bertz CT molecular complexity index is 273. The number of hydrogen-bond acceptors (Lipinski definition) is 3. The van der Waals surface area contributed by atoms with E-state index in [1.807, 2.05) is 0 Å². The number of ether oxygens (including phenoxy) is 1. The van der Waals surface area contributed by atoms with E-state index in [0.29, 0.717) is 0 Å². The van der Waals surface area contributed by atoms with Crippen LogP contribution >= 0.6 is 12.4 Å². The molecule has 15 heavy (non-hydrogen) atoms. The van der Waals surface area contributed by atoms with Gasteiger partial charge in [0.15, 0.2) is 0 Å². The monoisotopic (exact) mass is 232 g/mol. The minimum Gasteiger partial charge on any atom is -0.440 e. The first-order valence-electron chi connectivity index (χ1n) is 5.48. The first-order valence-corrected chi connectivity index (χ1v) is 5.48. The van der Waals surface area contributed by atoms with E-state index in [1.54, 1.807) is 0 Å². The van der Waals surface area contributed by atoms with Crippen LogP contribution < -0.4 is 10.6 Å². The van der Waals surface area contributed by atoms with Crippen LogP contribution in [0.4, 0.5) is 4.79 Å². The van der Waals surface area contributed by atoms with Crippen LogP contribution in [0.3, 0.4) is 0 Å². The highest BCUT2D eigenvalue weighted by molar-refractivity contribution is 5.85. The summed E-state index contributed by atoms with van der Waals surface area (Å²) in [6.07, 6.45) is 5.14. The Morgan fingerprint density at radius 2 is 1.80 bits per heavy atom. The number of halogens is 1. The lowest BCUT2D eigenvalue weighted by molar-refractivity contribution is -0.0548. The van der Waals surface area contributed by atoms with Crippen LogP contribution in [0.2, 0.25) is 0 Å². The van der Waals surface area contributed by atoms with Crippen LogP contribution in [0.5, 0.6) is 0 Å². The van der Waals surface area contributed by atoms with Crippen molar-refractivity contribution in [1.29, 1.82) is 0 Å². The SMILES string of the molecule is Cl.O=C1NC2(CCC2)C2(CCNCC2)O1. The highest BCUT2D eigenvalue weighted by Crippen LogP contribution is 2.50. The van der Waals surface area contributed by atoms with Gasteiger partial charge in [-0.05, 0) is 32.4 Å². The Balaban J connectivity index is 0.000000853. The summed E-state index contributed by atoms with van der Waals surface area (Å²) in [6.45, 7) is 1.94. The number of carbonyl (C=O) groups is 1. The standard InChI is InChI=1S/C10H16N2O2.ClH/c13-8-12-9(2-1-3-9)10(14-8)4-6-11-7-5-10;/h11H,1-7H2,(H,12,13);1H. The average molecular weight is 233 g/mol. The predicted octanol–water partition coefficient (Wildman–Crippen LogP) is 1.19. The molecule has 3 rings (SSSR count). The second-order valence-corrected chi connectivity index (χ2v) is 4.69. The molecule has 0 aromatic heterocycles. The van der Waals surface area contributed by atoms with Gasteiger partial charge in [0, 0.05) is 12.8 Å². The molecule has 3 fully saturated rings. The highest BCUT2D eigenvalue weighted by atomic mass is 35.5. The molecule has 0 radical (unpaired) electrons. The molecule has 2 saturated heterocycles. The van der Waals surface area contributed by atoms with Gasteiger partial charge in [-0.2, -0.15) is 0 Å². The lowest BCUT2D eigenvalue weighted by Gasteiger charge is -2.50. The first-order chi connectivity index (χ1) is 6.77. The zero-order valence-electron chi connectivity index (χ0n) is 8.67. The Morgan fingerprint density at radius 3 is 2.33 bits per heavy atom. The summed E-state index contributed by atoms with van der Waals surface area (Å²) < 4.78 is 5.56. The maximum absolute atomic E-state index is 11.4. The third-order valence-electron chi connectivity index (χ3n) is 4.12. The smallest absolute Gasteiger partial charge is 0.408 e. The Kier molecular flexibility index (Phi) is 2.59. The van der Waals surface area contributed by atoms with E-state index in [2.05, 4.69) is 10.6 Å². The van der Waals surface area contributed by atoms with E-state index < -0.39 is 0 Å². The summed E-state index contributed by atoms with van der Waals surface area (Å²) in [4.78, 5) is 11.4. The molecule has 3 aliphatic rings. The van der Waals surface area contributed by atoms with Crippen molar-refractivity contribution in [3.8, 4) is 0 Å². The molecule has 1 saturated carbocycles. The molecule has 1 aliphatic carbocycles. The fourth-order valence-electron chi connectivity index (χ4n) is 3.13. The highest BCUT2D eigenvalue weighted by Gasteiger charge is 2.62. The van der Waals surface area contributed by atoms with Gasteiger partial charge >= 0.3 is 6.09 Å². The third kappa shape index (κ3) is 1.35. The molecule has 2 heterocycles. The van der Waals surface area contributed by atoms with Crippen molar-refractivity contribution < 1.29 is 9.53 Å². The van der Waals surface area contributed by atoms with Crippen LogP contribution in [-0.4, -0.2) is 30.3 Å². The third-order valence-corrected chi connectivity index (χ3v) is 4.12.